The zero-order valence-electron chi connectivity index (χ0n) is 14.9. The van der Waals surface area contributed by atoms with Gasteiger partial charge in [-0.25, -0.2) is 9.59 Å². The zero-order chi connectivity index (χ0) is 17.3. The molecule has 0 spiro atoms. The van der Waals surface area contributed by atoms with E-state index in [0.717, 1.165) is 32.1 Å². The minimum absolute atomic E-state index is 0.0552. The number of hydrogen-bond acceptors (Lipinski definition) is 4. The number of ether oxygens (including phenoxy) is 2. The van der Waals surface area contributed by atoms with Crippen LogP contribution in [0.4, 0.5) is 0 Å². The molecule has 4 heteroatoms. The Hall–Kier alpha value is -1.58. The summed E-state index contributed by atoms with van der Waals surface area (Å²) in [5, 5.41) is 0. The van der Waals surface area contributed by atoms with Crippen LogP contribution in [0.1, 0.15) is 66.2 Å². The fourth-order valence-electron chi connectivity index (χ4n) is 2.26. The second-order valence-corrected chi connectivity index (χ2v) is 6.69. The van der Waals surface area contributed by atoms with E-state index < -0.39 is 5.97 Å². The van der Waals surface area contributed by atoms with E-state index in [1.807, 2.05) is 19.9 Å². The van der Waals surface area contributed by atoms with Crippen LogP contribution in [-0.4, -0.2) is 25.2 Å². The molecular formula is C19H30O4. The van der Waals surface area contributed by atoms with Crippen molar-refractivity contribution in [2.75, 3.05) is 13.2 Å². The van der Waals surface area contributed by atoms with Crippen LogP contribution >= 0.6 is 0 Å². The third-order valence-electron chi connectivity index (χ3n) is 3.97. The number of carbonyl (C=O) groups is 2. The van der Waals surface area contributed by atoms with Crippen LogP contribution in [0.5, 0.6) is 0 Å². The van der Waals surface area contributed by atoms with Crippen molar-refractivity contribution in [3.05, 3.63) is 23.3 Å². The van der Waals surface area contributed by atoms with Crippen molar-refractivity contribution in [2.24, 2.45) is 5.41 Å². The molecule has 1 aliphatic rings. The standard InChI is InChI=1S/C19H30O4/c1-5-7-13-22-17(20)15-9-11-19(3,4)12-10-16(15)18(21)23-14-8-6-2/h9,11H,5-8,10,12-14H2,1-4H3. The maximum atomic E-state index is 12.4. The first kappa shape index (κ1) is 19.5. The van der Waals surface area contributed by atoms with Crippen molar-refractivity contribution in [2.45, 2.75) is 66.2 Å². The van der Waals surface area contributed by atoms with Gasteiger partial charge in [-0.05, 0) is 31.1 Å². The van der Waals surface area contributed by atoms with Gasteiger partial charge in [0.05, 0.1) is 24.4 Å². The van der Waals surface area contributed by atoms with Crippen LogP contribution in [0, 0.1) is 5.41 Å². The summed E-state index contributed by atoms with van der Waals surface area (Å²) >= 11 is 0. The molecule has 0 bridgehead atoms. The van der Waals surface area contributed by atoms with E-state index in [1.54, 1.807) is 6.08 Å². The Balaban J connectivity index is 2.92. The third-order valence-corrected chi connectivity index (χ3v) is 3.97. The molecule has 1 aliphatic carbocycles. The van der Waals surface area contributed by atoms with Gasteiger partial charge >= 0.3 is 11.9 Å². The molecular weight excluding hydrogens is 292 g/mol. The number of carbonyl (C=O) groups excluding carboxylic acids is 2. The molecule has 0 aromatic heterocycles. The van der Waals surface area contributed by atoms with Gasteiger partial charge < -0.3 is 9.47 Å². The lowest BCUT2D eigenvalue weighted by atomic mass is 9.87. The van der Waals surface area contributed by atoms with Crippen molar-refractivity contribution in [1.82, 2.24) is 0 Å². The summed E-state index contributed by atoms with van der Waals surface area (Å²) in [6.45, 7) is 9.04. The summed E-state index contributed by atoms with van der Waals surface area (Å²) in [6.07, 6.45) is 8.62. The predicted molar refractivity (Wildman–Crippen MR) is 90.9 cm³/mol. The molecule has 0 unspecified atom stereocenters. The average Bonchev–Trinajstić information content (AvgIpc) is 2.66. The fraction of sp³-hybridized carbons (Fsp3) is 0.684. The van der Waals surface area contributed by atoms with E-state index in [1.165, 1.54) is 0 Å². The quantitative estimate of drug-likeness (QED) is 0.492. The highest BCUT2D eigenvalue weighted by molar-refractivity contribution is 6.02. The largest absolute Gasteiger partial charge is 0.462 e. The molecule has 0 heterocycles. The van der Waals surface area contributed by atoms with Crippen molar-refractivity contribution in [3.63, 3.8) is 0 Å². The second kappa shape index (κ2) is 9.53. The van der Waals surface area contributed by atoms with Gasteiger partial charge in [-0.15, -0.1) is 0 Å². The molecule has 0 saturated heterocycles. The average molecular weight is 322 g/mol. The molecule has 130 valence electrons. The molecule has 4 nitrogen and oxygen atoms in total. The van der Waals surface area contributed by atoms with Gasteiger partial charge in [0, 0.05) is 0 Å². The lowest BCUT2D eigenvalue weighted by molar-refractivity contribution is -0.142. The maximum absolute atomic E-state index is 12.4. The number of unbranched alkanes of at least 4 members (excludes halogenated alkanes) is 2. The molecule has 0 fully saturated rings. The fourth-order valence-corrected chi connectivity index (χ4v) is 2.26. The molecule has 0 saturated carbocycles. The normalized spacial score (nSPS) is 16.9. The third kappa shape index (κ3) is 6.59. The molecule has 0 atom stereocenters. The molecule has 0 aromatic carbocycles. The minimum atomic E-state index is -0.421. The van der Waals surface area contributed by atoms with Crippen LogP contribution in [0.2, 0.25) is 0 Å². The van der Waals surface area contributed by atoms with E-state index in [0.29, 0.717) is 30.8 Å². The zero-order valence-corrected chi connectivity index (χ0v) is 14.9. The van der Waals surface area contributed by atoms with Gasteiger partial charge in [-0.3, -0.25) is 0 Å². The minimum Gasteiger partial charge on any atom is -0.462 e. The van der Waals surface area contributed by atoms with Gasteiger partial charge in [0.15, 0.2) is 0 Å². The summed E-state index contributed by atoms with van der Waals surface area (Å²) in [5.41, 5.74) is 0.748. The van der Waals surface area contributed by atoms with Crippen LogP contribution in [0.3, 0.4) is 0 Å². The van der Waals surface area contributed by atoms with Gasteiger partial charge in [0.1, 0.15) is 0 Å². The van der Waals surface area contributed by atoms with Crippen LogP contribution < -0.4 is 0 Å². The summed E-state index contributed by atoms with van der Waals surface area (Å²) in [4.78, 5) is 24.7. The van der Waals surface area contributed by atoms with E-state index in [9.17, 15) is 9.59 Å². The Bertz CT molecular complexity index is 472. The van der Waals surface area contributed by atoms with E-state index in [4.69, 9.17) is 9.47 Å². The highest BCUT2D eigenvalue weighted by Crippen LogP contribution is 2.32. The first-order valence-electron chi connectivity index (χ1n) is 8.68. The van der Waals surface area contributed by atoms with Gasteiger partial charge in [-0.1, -0.05) is 52.7 Å². The van der Waals surface area contributed by atoms with Gasteiger partial charge in [0.25, 0.3) is 0 Å². The van der Waals surface area contributed by atoms with Crippen molar-refractivity contribution < 1.29 is 19.1 Å². The Morgan fingerprint density at radius 2 is 1.61 bits per heavy atom. The first-order valence-corrected chi connectivity index (χ1v) is 8.68. The smallest absolute Gasteiger partial charge is 0.338 e. The molecule has 1 rings (SSSR count). The SMILES string of the molecule is CCCCOC(=O)C1=C(C(=O)OCCCC)CCC(C)(C)C=C1. The number of rotatable bonds is 8. The van der Waals surface area contributed by atoms with Gasteiger partial charge in [0.2, 0.25) is 0 Å². The number of esters is 2. The molecule has 0 radical (unpaired) electrons. The molecule has 0 aromatic rings. The Morgan fingerprint density at radius 3 is 2.17 bits per heavy atom. The summed E-state index contributed by atoms with van der Waals surface area (Å²) in [6, 6.07) is 0. The molecule has 0 aliphatic heterocycles. The summed E-state index contributed by atoms with van der Waals surface area (Å²) < 4.78 is 10.6. The lowest BCUT2D eigenvalue weighted by Crippen LogP contribution is -2.16. The lowest BCUT2D eigenvalue weighted by Gasteiger charge is -2.18. The van der Waals surface area contributed by atoms with Crippen molar-refractivity contribution in [3.8, 4) is 0 Å². The van der Waals surface area contributed by atoms with Crippen LogP contribution in [0.25, 0.3) is 0 Å². The van der Waals surface area contributed by atoms with Gasteiger partial charge in [-0.2, -0.15) is 0 Å². The topological polar surface area (TPSA) is 52.6 Å². The van der Waals surface area contributed by atoms with Crippen molar-refractivity contribution >= 4 is 11.9 Å². The highest BCUT2D eigenvalue weighted by atomic mass is 16.5. The number of hydrogen-bond donors (Lipinski definition) is 0. The summed E-state index contributed by atoms with van der Waals surface area (Å²) in [7, 11) is 0. The Kier molecular flexibility index (Phi) is 8.07. The van der Waals surface area contributed by atoms with Crippen LogP contribution in [-0.2, 0) is 19.1 Å². The Labute approximate surface area is 139 Å². The van der Waals surface area contributed by atoms with E-state index >= 15 is 0 Å². The first-order chi connectivity index (χ1) is 10.9. The summed E-state index contributed by atoms with van der Waals surface area (Å²) in [5.74, 6) is -0.807. The highest BCUT2D eigenvalue weighted by Gasteiger charge is 2.27. The number of allylic oxidation sites excluding steroid dienone is 1. The van der Waals surface area contributed by atoms with E-state index in [2.05, 4.69) is 13.8 Å². The molecule has 0 amide bonds. The van der Waals surface area contributed by atoms with Crippen molar-refractivity contribution in [1.29, 1.82) is 0 Å². The van der Waals surface area contributed by atoms with Crippen LogP contribution in [0.15, 0.2) is 23.3 Å². The predicted octanol–water partition coefficient (Wildman–Crippen LogP) is 4.35. The second-order valence-electron chi connectivity index (χ2n) is 6.69. The molecule has 0 N–H and O–H groups in total. The maximum Gasteiger partial charge on any atom is 0.338 e. The monoisotopic (exact) mass is 322 g/mol. The Morgan fingerprint density at radius 1 is 1.04 bits per heavy atom. The molecule has 23 heavy (non-hydrogen) atoms. The van der Waals surface area contributed by atoms with E-state index in [-0.39, 0.29) is 11.4 Å².